The number of amides is 1. The lowest BCUT2D eigenvalue weighted by Gasteiger charge is -2.32. The third-order valence-electron chi connectivity index (χ3n) is 5.61. The van der Waals surface area contributed by atoms with Crippen LogP contribution in [0.3, 0.4) is 0 Å². The van der Waals surface area contributed by atoms with Crippen molar-refractivity contribution in [3.8, 4) is 0 Å². The molecule has 4 heterocycles. The first-order valence-electron chi connectivity index (χ1n) is 9.49. The van der Waals surface area contributed by atoms with Crippen LogP contribution in [0.15, 0.2) is 28.5 Å². The molecule has 0 aromatic carbocycles. The molecule has 2 aliphatic heterocycles. The molecule has 0 atom stereocenters. The Morgan fingerprint density at radius 2 is 2.11 bits per heavy atom. The molecule has 4 rings (SSSR count). The minimum atomic E-state index is -0.227. The van der Waals surface area contributed by atoms with Crippen molar-refractivity contribution in [1.29, 1.82) is 0 Å². The van der Waals surface area contributed by atoms with Crippen LogP contribution < -0.4 is 16.2 Å². The number of anilines is 1. The van der Waals surface area contributed by atoms with E-state index in [0.717, 1.165) is 44.6 Å². The summed E-state index contributed by atoms with van der Waals surface area (Å²) in [6.07, 6.45) is 4.67. The molecule has 2 aliphatic rings. The first kappa shape index (κ1) is 18.2. The second-order valence-electron chi connectivity index (χ2n) is 7.31. The lowest BCUT2D eigenvalue weighted by atomic mass is 9.97. The molecule has 0 unspecified atom stereocenters. The predicted molar refractivity (Wildman–Crippen MR) is 106 cm³/mol. The number of hydrogen-bond donors (Lipinski definition) is 1. The SMILES string of the molecule is NCC1CCN(c2cnn(CC(=O)N3CCc4sccc4C3)c(=O)c2)CC1. The van der Waals surface area contributed by atoms with E-state index in [1.165, 1.54) is 15.1 Å². The molecule has 0 spiro atoms. The van der Waals surface area contributed by atoms with Gasteiger partial charge in [0.15, 0.2) is 0 Å². The highest BCUT2D eigenvalue weighted by Crippen LogP contribution is 2.24. The topological polar surface area (TPSA) is 84.5 Å². The molecule has 2 aromatic heterocycles. The van der Waals surface area contributed by atoms with Gasteiger partial charge in [-0.15, -0.1) is 11.3 Å². The molecule has 27 heavy (non-hydrogen) atoms. The summed E-state index contributed by atoms with van der Waals surface area (Å²) in [6.45, 7) is 3.83. The van der Waals surface area contributed by atoms with Gasteiger partial charge in [0.25, 0.3) is 5.56 Å². The van der Waals surface area contributed by atoms with Crippen LogP contribution in [0.25, 0.3) is 0 Å². The molecular weight excluding hydrogens is 362 g/mol. The van der Waals surface area contributed by atoms with E-state index >= 15 is 0 Å². The molecule has 8 heteroatoms. The molecule has 0 saturated carbocycles. The van der Waals surface area contributed by atoms with Crippen LogP contribution in [0.4, 0.5) is 5.69 Å². The van der Waals surface area contributed by atoms with Crippen molar-refractivity contribution >= 4 is 22.9 Å². The summed E-state index contributed by atoms with van der Waals surface area (Å²) in [5, 5.41) is 6.32. The number of nitrogens with zero attached hydrogens (tertiary/aromatic N) is 4. The Morgan fingerprint density at radius 1 is 1.30 bits per heavy atom. The van der Waals surface area contributed by atoms with Crippen LogP contribution >= 0.6 is 11.3 Å². The Labute approximate surface area is 162 Å². The fourth-order valence-electron chi connectivity index (χ4n) is 3.83. The van der Waals surface area contributed by atoms with E-state index in [1.807, 2.05) is 4.90 Å². The first-order valence-corrected chi connectivity index (χ1v) is 10.4. The third-order valence-corrected chi connectivity index (χ3v) is 6.64. The highest BCUT2D eigenvalue weighted by molar-refractivity contribution is 7.10. The average Bonchev–Trinajstić information content (AvgIpc) is 3.17. The summed E-state index contributed by atoms with van der Waals surface area (Å²) in [5.74, 6) is 0.512. The molecule has 0 radical (unpaired) electrons. The summed E-state index contributed by atoms with van der Waals surface area (Å²) in [6, 6.07) is 3.67. The molecular formula is C19H25N5O2S. The Kier molecular flexibility index (Phi) is 5.27. The minimum absolute atomic E-state index is 0.00612. The van der Waals surface area contributed by atoms with Gasteiger partial charge in [-0.1, -0.05) is 0 Å². The number of rotatable bonds is 4. The largest absolute Gasteiger partial charge is 0.370 e. The van der Waals surface area contributed by atoms with Crippen molar-refractivity contribution < 1.29 is 4.79 Å². The molecule has 1 saturated heterocycles. The predicted octanol–water partition coefficient (Wildman–Crippen LogP) is 1.06. The fourth-order valence-corrected chi connectivity index (χ4v) is 4.72. The average molecular weight is 388 g/mol. The standard InChI is InChI=1S/C19H25N5O2S/c20-10-14-1-5-22(6-2-14)16-9-18(25)24(21-11-16)13-19(26)23-7-3-17-15(12-23)4-8-27-17/h4,8-9,11,14H,1-3,5-7,10,12-13,20H2. The number of carbonyl (C=O) groups excluding carboxylic acids is 1. The third kappa shape index (κ3) is 3.91. The number of carbonyl (C=O) groups is 1. The highest BCUT2D eigenvalue weighted by Gasteiger charge is 2.23. The number of hydrogen-bond acceptors (Lipinski definition) is 6. The maximum absolute atomic E-state index is 12.6. The van der Waals surface area contributed by atoms with E-state index in [9.17, 15) is 9.59 Å². The Balaban J connectivity index is 1.40. The van der Waals surface area contributed by atoms with Gasteiger partial charge in [0.2, 0.25) is 5.91 Å². The van der Waals surface area contributed by atoms with Gasteiger partial charge in [0.05, 0.1) is 11.9 Å². The van der Waals surface area contributed by atoms with E-state index in [-0.39, 0.29) is 18.0 Å². The zero-order valence-electron chi connectivity index (χ0n) is 15.3. The molecule has 144 valence electrons. The van der Waals surface area contributed by atoms with Crippen molar-refractivity contribution in [2.75, 3.05) is 31.1 Å². The van der Waals surface area contributed by atoms with Gasteiger partial charge in [-0.3, -0.25) is 9.59 Å². The number of piperidine rings is 1. The van der Waals surface area contributed by atoms with Crippen molar-refractivity contribution in [3.05, 3.63) is 44.5 Å². The highest BCUT2D eigenvalue weighted by atomic mass is 32.1. The van der Waals surface area contributed by atoms with Gasteiger partial charge in [0, 0.05) is 37.1 Å². The summed E-state index contributed by atoms with van der Waals surface area (Å²) in [7, 11) is 0. The van der Waals surface area contributed by atoms with E-state index in [4.69, 9.17) is 5.73 Å². The van der Waals surface area contributed by atoms with E-state index in [0.29, 0.717) is 19.0 Å². The number of aromatic nitrogens is 2. The molecule has 1 fully saturated rings. The number of fused-ring (bicyclic) bond motifs is 1. The van der Waals surface area contributed by atoms with Crippen LogP contribution in [0, 0.1) is 5.92 Å². The maximum Gasteiger partial charge on any atom is 0.269 e. The Morgan fingerprint density at radius 3 is 2.85 bits per heavy atom. The van der Waals surface area contributed by atoms with Gasteiger partial charge >= 0.3 is 0 Å². The molecule has 0 bridgehead atoms. The zero-order chi connectivity index (χ0) is 18.8. The molecule has 0 aliphatic carbocycles. The molecule has 7 nitrogen and oxygen atoms in total. The van der Waals surface area contributed by atoms with Crippen molar-refractivity contribution in [1.82, 2.24) is 14.7 Å². The monoisotopic (exact) mass is 387 g/mol. The quantitative estimate of drug-likeness (QED) is 0.848. The van der Waals surface area contributed by atoms with E-state index in [1.54, 1.807) is 23.6 Å². The summed E-state index contributed by atoms with van der Waals surface area (Å²) in [5.41, 5.74) is 7.57. The summed E-state index contributed by atoms with van der Waals surface area (Å²) in [4.78, 5) is 30.4. The van der Waals surface area contributed by atoms with Crippen LogP contribution in [0.2, 0.25) is 0 Å². The second kappa shape index (κ2) is 7.82. The Bertz CT molecular complexity index is 869. The van der Waals surface area contributed by atoms with Crippen LogP contribution in [0.5, 0.6) is 0 Å². The number of thiophene rings is 1. The lowest BCUT2D eigenvalue weighted by molar-refractivity contribution is -0.133. The molecule has 2 N–H and O–H groups in total. The maximum atomic E-state index is 12.6. The van der Waals surface area contributed by atoms with Crippen molar-refractivity contribution in [2.45, 2.75) is 32.4 Å². The van der Waals surface area contributed by atoms with E-state index in [2.05, 4.69) is 21.4 Å². The summed E-state index contributed by atoms with van der Waals surface area (Å²) >= 11 is 1.75. The fraction of sp³-hybridized carbons (Fsp3) is 0.526. The van der Waals surface area contributed by atoms with Gasteiger partial charge in [-0.25, -0.2) is 4.68 Å². The van der Waals surface area contributed by atoms with Gasteiger partial charge in [0.1, 0.15) is 6.54 Å². The minimum Gasteiger partial charge on any atom is -0.370 e. The van der Waals surface area contributed by atoms with Crippen LogP contribution in [-0.2, 0) is 24.3 Å². The van der Waals surface area contributed by atoms with Gasteiger partial charge in [-0.05, 0) is 48.7 Å². The van der Waals surface area contributed by atoms with E-state index < -0.39 is 0 Å². The molecule has 1 amide bonds. The summed E-state index contributed by atoms with van der Waals surface area (Å²) < 4.78 is 1.27. The first-order chi connectivity index (χ1) is 13.1. The van der Waals surface area contributed by atoms with Crippen LogP contribution in [0.1, 0.15) is 23.3 Å². The van der Waals surface area contributed by atoms with Crippen LogP contribution in [-0.4, -0.2) is 46.8 Å². The van der Waals surface area contributed by atoms with Gasteiger partial charge in [-0.2, -0.15) is 5.10 Å². The second-order valence-corrected chi connectivity index (χ2v) is 8.31. The molecule has 2 aromatic rings. The zero-order valence-corrected chi connectivity index (χ0v) is 16.2. The number of nitrogens with two attached hydrogens (primary N) is 1. The van der Waals surface area contributed by atoms with Crippen molar-refractivity contribution in [2.24, 2.45) is 11.7 Å². The van der Waals surface area contributed by atoms with Gasteiger partial charge < -0.3 is 15.5 Å². The van der Waals surface area contributed by atoms with Crippen molar-refractivity contribution in [3.63, 3.8) is 0 Å². The Hall–Kier alpha value is -2.19. The smallest absolute Gasteiger partial charge is 0.269 e. The lowest BCUT2D eigenvalue weighted by Crippen LogP contribution is -2.40. The normalized spacial score (nSPS) is 17.8.